The fraction of sp³-hybridized carbons (Fsp3) is 0.353. The summed E-state index contributed by atoms with van der Waals surface area (Å²) >= 11 is 6.05. The lowest BCUT2D eigenvalue weighted by Crippen LogP contribution is -2.46. The Bertz CT molecular complexity index is 932. The molecule has 2 aliphatic rings. The summed E-state index contributed by atoms with van der Waals surface area (Å²) < 4.78 is 38.1. The van der Waals surface area contributed by atoms with Crippen LogP contribution in [0.2, 0.25) is 5.15 Å². The smallest absolute Gasteiger partial charge is 0.149 e. The van der Waals surface area contributed by atoms with E-state index in [4.69, 9.17) is 11.6 Å². The lowest BCUT2D eigenvalue weighted by Gasteiger charge is -2.40. The van der Waals surface area contributed by atoms with E-state index in [2.05, 4.69) is 4.98 Å². The zero-order valence-electron chi connectivity index (χ0n) is 13.0. The van der Waals surface area contributed by atoms with Crippen molar-refractivity contribution in [2.75, 3.05) is 16.9 Å². The molecule has 1 aromatic heterocycles. The Kier molecular flexibility index (Phi) is 3.58. The molecule has 7 heteroatoms. The molecule has 0 saturated carbocycles. The minimum Gasteiger partial charge on any atom is -0.358 e. The number of anilines is 1. The lowest BCUT2D eigenvalue weighted by atomic mass is 9.93. The van der Waals surface area contributed by atoms with Crippen LogP contribution in [0.1, 0.15) is 22.9 Å². The van der Waals surface area contributed by atoms with Gasteiger partial charge in [-0.25, -0.2) is 17.8 Å². The van der Waals surface area contributed by atoms with Crippen molar-refractivity contribution in [1.29, 1.82) is 0 Å². The number of halogens is 2. The molecule has 4 nitrogen and oxygen atoms in total. The zero-order valence-corrected chi connectivity index (χ0v) is 14.6. The Labute approximate surface area is 145 Å². The normalized spacial score (nSPS) is 22.0. The van der Waals surface area contributed by atoms with Gasteiger partial charge in [0.1, 0.15) is 20.8 Å². The molecule has 0 radical (unpaired) electrons. The summed E-state index contributed by atoms with van der Waals surface area (Å²) in [6, 6.07) is 8.16. The van der Waals surface area contributed by atoms with Gasteiger partial charge in [0.2, 0.25) is 0 Å². The van der Waals surface area contributed by atoms with Crippen LogP contribution in [0.4, 0.5) is 10.1 Å². The van der Waals surface area contributed by atoms with Crippen LogP contribution in [0.3, 0.4) is 0 Å². The summed E-state index contributed by atoms with van der Waals surface area (Å²) in [5, 5.41) is 0.395. The van der Waals surface area contributed by atoms with Crippen molar-refractivity contribution in [3.05, 3.63) is 58.1 Å². The molecule has 0 fully saturated rings. The van der Waals surface area contributed by atoms with Gasteiger partial charge in [-0.2, -0.15) is 0 Å². The van der Waals surface area contributed by atoms with Crippen LogP contribution in [0.25, 0.3) is 0 Å². The second kappa shape index (κ2) is 5.43. The van der Waals surface area contributed by atoms with E-state index in [1.54, 1.807) is 12.1 Å². The van der Waals surface area contributed by atoms with Crippen LogP contribution in [-0.4, -0.2) is 31.5 Å². The summed E-state index contributed by atoms with van der Waals surface area (Å²) in [5.74, 6) is -0.231. The number of rotatable bonds is 2. The Morgan fingerprint density at radius 1 is 1.29 bits per heavy atom. The molecule has 0 amide bonds. The predicted octanol–water partition coefficient (Wildman–Crippen LogP) is 2.95. The molecular weight excluding hydrogens is 351 g/mol. The Morgan fingerprint density at radius 3 is 2.83 bits per heavy atom. The van der Waals surface area contributed by atoms with Crippen LogP contribution in [0, 0.1) is 5.82 Å². The number of nitrogens with zero attached hydrogens (tertiary/aromatic N) is 2. The predicted molar refractivity (Wildman–Crippen MR) is 91.8 cm³/mol. The maximum Gasteiger partial charge on any atom is 0.149 e. The Morgan fingerprint density at radius 2 is 2.08 bits per heavy atom. The fourth-order valence-corrected chi connectivity index (χ4v) is 5.04. The number of hydrogen-bond acceptors (Lipinski definition) is 4. The van der Waals surface area contributed by atoms with Gasteiger partial charge < -0.3 is 4.90 Å². The molecule has 3 heterocycles. The van der Waals surface area contributed by atoms with Crippen molar-refractivity contribution in [1.82, 2.24) is 4.98 Å². The maximum atomic E-state index is 14.3. The first-order valence-electron chi connectivity index (χ1n) is 7.72. The van der Waals surface area contributed by atoms with Gasteiger partial charge in [-0.1, -0.05) is 23.7 Å². The van der Waals surface area contributed by atoms with Crippen LogP contribution < -0.4 is 4.90 Å². The number of fused-ring (bicyclic) bond motifs is 5. The second-order valence-electron chi connectivity index (χ2n) is 6.49. The van der Waals surface area contributed by atoms with Crippen molar-refractivity contribution >= 4 is 27.1 Å². The highest BCUT2D eigenvalue weighted by Crippen LogP contribution is 2.46. The standard InChI is InChI=1S/C17H16ClFN2O2S/c1-24(22,23)9-11-7-10-5-6-16(18)20-17(10)15-8-12-13(19)3-2-4-14(12)21(11)15/h2-6,11,15H,7-9H2,1H3. The summed E-state index contributed by atoms with van der Waals surface area (Å²) in [5.41, 5.74) is 3.20. The quantitative estimate of drug-likeness (QED) is 0.767. The third kappa shape index (κ3) is 2.58. The molecule has 0 spiro atoms. The molecule has 4 rings (SSSR count). The van der Waals surface area contributed by atoms with Crippen molar-refractivity contribution in [3.8, 4) is 0 Å². The van der Waals surface area contributed by atoms with E-state index in [1.165, 1.54) is 12.3 Å². The van der Waals surface area contributed by atoms with Gasteiger partial charge in [-0.3, -0.25) is 0 Å². The van der Waals surface area contributed by atoms with Gasteiger partial charge in [0.05, 0.1) is 17.5 Å². The van der Waals surface area contributed by atoms with Gasteiger partial charge in [0.25, 0.3) is 0 Å². The molecule has 0 bridgehead atoms. The largest absolute Gasteiger partial charge is 0.358 e. The average molecular weight is 367 g/mol. The summed E-state index contributed by atoms with van der Waals surface area (Å²) in [4.78, 5) is 6.47. The van der Waals surface area contributed by atoms with Crippen molar-refractivity contribution in [3.63, 3.8) is 0 Å². The number of hydrogen-bond donors (Lipinski definition) is 0. The third-order valence-corrected chi connectivity index (χ3v) is 5.94. The fourth-order valence-electron chi connectivity index (χ4n) is 3.91. The number of pyridine rings is 1. The Hall–Kier alpha value is -1.66. The monoisotopic (exact) mass is 366 g/mol. The van der Waals surface area contributed by atoms with E-state index < -0.39 is 9.84 Å². The highest BCUT2D eigenvalue weighted by atomic mass is 35.5. The third-order valence-electron chi connectivity index (χ3n) is 4.74. The van der Waals surface area contributed by atoms with Gasteiger partial charge >= 0.3 is 0 Å². The van der Waals surface area contributed by atoms with Crippen LogP contribution in [-0.2, 0) is 22.7 Å². The van der Waals surface area contributed by atoms with E-state index in [1.807, 2.05) is 17.0 Å². The van der Waals surface area contributed by atoms with Gasteiger partial charge in [0, 0.05) is 30.0 Å². The van der Waals surface area contributed by atoms with Crippen molar-refractivity contribution in [2.45, 2.75) is 24.9 Å². The maximum absolute atomic E-state index is 14.3. The molecule has 0 N–H and O–H groups in total. The van der Waals surface area contributed by atoms with Crippen LogP contribution in [0.5, 0.6) is 0 Å². The van der Waals surface area contributed by atoms with E-state index in [0.29, 0.717) is 23.6 Å². The average Bonchev–Trinajstić information content (AvgIpc) is 2.88. The molecule has 0 aliphatic carbocycles. The molecule has 2 atom stereocenters. The zero-order chi connectivity index (χ0) is 17.1. The van der Waals surface area contributed by atoms with Gasteiger partial charge in [-0.15, -0.1) is 0 Å². The highest BCUT2D eigenvalue weighted by molar-refractivity contribution is 7.90. The van der Waals surface area contributed by atoms with Crippen molar-refractivity contribution < 1.29 is 12.8 Å². The summed E-state index contributed by atoms with van der Waals surface area (Å²) in [6.07, 6.45) is 2.27. The topological polar surface area (TPSA) is 50.3 Å². The minimum absolute atomic E-state index is 0.0293. The second-order valence-corrected chi connectivity index (χ2v) is 9.07. The SMILES string of the molecule is CS(=O)(=O)CC1Cc2ccc(Cl)nc2C2Cc3c(F)cccc3N12. The molecule has 2 aliphatic heterocycles. The van der Waals surface area contributed by atoms with Crippen LogP contribution in [0.15, 0.2) is 30.3 Å². The molecule has 2 unspecified atom stereocenters. The molecule has 126 valence electrons. The molecule has 2 aromatic rings. The van der Waals surface area contributed by atoms with Gasteiger partial charge in [0.15, 0.2) is 0 Å². The minimum atomic E-state index is -3.17. The first kappa shape index (κ1) is 15.8. The molecule has 0 saturated heterocycles. The highest BCUT2D eigenvalue weighted by Gasteiger charge is 2.42. The van der Waals surface area contributed by atoms with Gasteiger partial charge in [-0.05, 0) is 30.2 Å². The van der Waals surface area contributed by atoms with E-state index in [-0.39, 0.29) is 23.7 Å². The van der Waals surface area contributed by atoms with Crippen LogP contribution >= 0.6 is 11.6 Å². The molecular formula is C17H16ClFN2O2S. The van der Waals surface area contributed by atoms with Crippen molar-refractivity contribution in [2.24, 2.45) is 0 Å². The Balaban J connectivity index is 1.88. The number of aromatic nitrogens is 1. The number of benzene rings is 1. The lowest BCUT2D eigenvalue weighted by molar-refractivity contribution is 0.504. The van der Waals surface area contributed by atoms with E-state index >= 15 is 0 Å². The molecule has 24 heavy (non-hydrogen) atoms. The number of sulfone groups is 1. The van der Waals surface area contributed by atoms with E-state index in [0.717, 1.165) is 16.9 Å². The summed E-state index contributed by atoms with van der Waals surface area (Å²) in [6.45, 7) is 0. The molecule has 1 aromatic carbocycles. The van der Waals surface area contributed by atoms with E-state index in [9.17, 15) is 12.8 Å². The first-order chi connectivity index (χ1) is 11.3. The first-order valence-corrected chi connectivity index (χ1v) is 10.2. The summed E-state index contributed by atoms with van der Waals surface area (Å²) in [7, 11) is -3.17.